The molecular formula is C45H79N3O16. The molecule has 7 atom stereocenters. The van der Waals surface area contributed by atoms with Crippen molar-refractivity contribution in [3.63, 3.8) is 0 Å². The molecule has 2 aliphatic heterocycles. The maximum Gasteiger partial charge on any atom is 0.232 e. The summed E-state index contributed by atoms with van der Waals surface area (Å²) >= 11 is 0. The molecule has 0 aromatic heterocycles. The van der Waals surface area contributed by atoms with Gasteiger partial charge in [0.2, 0.25) is 17.7 Å². The van der Waals surface area contributed by atoms with E-state index < -0.39 is 77.8 Å². The lowest BCUT2D eigenvalue weighted by molar-refractivity contribution is -0.272. The van der Waals surface area contributed by atoms with E-state index in [4.69, 9.17) is 28.4 Å². The molecule has 2 rings (SSSR count). The first-order valence-corrected chi connectivity index (χ1v) is 22.9. The predicted octanol–water partition coefficient (Wildman–Crippen LogP) is 1.16. The maximum atomic E-state index is 13.7. The average molecular weight is 918 g/mol. The number of hydrogen-bond donors (Lipinski definition) is 6. The van der Waals surface area contributed by atoms with E-state index in [2.05, 4.69) is 10.6 Å². The number of ether oxygens (including phenoxy) is 6. The van der Waals surface area contributed by atoms with E-state index in [0.29, 0.717) is 51.9 Å². The third kappa shape index (κ3) is 19.1. The van der Waals surface area contributed by atoms with Crippen molar-refractivity contribution in [1.82, 2.24) is 15.5 Å². The molecule has 1 unspecified atom stereocenters. The van der Waals surface area contributed by atoms with Crippen LogP contribution < -0.4 is 10.6 Å². The number of aliphatic hydroxyl groups excluding tert-OH is 4. The van der Waals surface area contributed by atoms with Gasteiger partial charge in [-0.05, 0) is 38.5 Å². The lowest BCUT2D eigenvalue weighted by Gasteiger charge is -2.42. The van der Waals surface area contributed by atoms with E-state index in [9.17, 15) is 49.2 Å². The molecule has 0 aromatic carbocycles. The Kier molecular flexibility index (Phi) is 26.4. The Bertz CT molecular complexity index is 1430. The summed E-state index contributed by atoms with van der Waals surface area (Å²) < 4.78 is 33.2. The normalized spacial score (nSPS) is 24.7. The molecule has 0 aliphatic carbocycles. The molecule has 0 saturated carbocycles. The fraction of sp³-hybridized carbons (Fsp3) is 0.867. The molecule has 6 N–H and O–H groups in total. The molecule has 0 radical (unpaired) electrons. The Morgan fingerprint density at radius 3 is 1.75 bits per heavy atom. The minimum Gasteiger partial charge on any atom is -0.396 e. The Hall–Kier alpha value is -2.98. The summed E-state index contributed by atoms with van der Waals surface area (Å²) in [4.78, 5) is 79.1. The topological polar surface area (TPSA) is 266 Å². The van der Waals surface area contributed by atoms with Crippen molar-refractivity contribution in [1.29, 1.82) is 0 Å². The van der Waals surface area contributed by atoms with E-state index >= 15 is 0 Å². The second-order valence-electron chi connectivity index (χ2n) is 17.8. The number of carbonyl (C=O) groups excluding carboxylic acids is 6. The van der Waals surface area contributed by atoms with Gasteiger partial charge in [0.25, 0.3) is 0 Å². The molecule has 2 fully saturated rings. The highest BCUT2D eigenvalue weighted by atomic mass is 16.7. The molecule has 2 heterocycles. The summed E-state index contributed by atoms with van der Waals surface area (Å²) in [6, 6.07) is -1.04. The predicted molar refractivity (Wildman–Crippen MR) is 233 cm³/mol. The lowest BCUT2D eigenvalue weighted by atomic mass is 9.69. The Morgan fingerprint density at radius 1 is 0.734 bits per heavy atom. The van der Waals surface area contributed by atoms with Gasteiger partial charge in [-0.25, -0.2) is 0 Å². The zero-order valence-electron chi connectivity index (χ0n) is 39.2. The largest absolute Gasteiger partial charge is 0.396 e. The average Bonchev–Trinajstić information content (AvgIpc) is 3.52. The summed E-state index contributed by atoms with van der Waals surface area (Å²) in [5, 5.41) is 45.7. The van der Waals surface area contributed by atoms with Crippen LogP contribution in [-0.4, -0.2) is 183 Å². The lowest BCUT2D eigenvalue weighted by Crippen LogP contribution is -2.64. The quantitative estimate of drug-likeness (QED) is 0.0385. The van der Waals surface area contributed by atoms with Crippen LogP contribution >= 0.6 is 0 Å². The van der Waals surface area contributed by atoms with Crippen LogP contribution in [0.4, 0.5) is 0 Å². The minimum atomic E-state index is -1.40. The molecule has 64 heavy (non-hydrogen) atoms. The van der Waals surface area contributed by atoms with E-state index in [-0.39, 0.29) is 115 Å². The highest BCUT2D eigenvalue weighted by Crippen LogP contribution is 2.46. The smallest absolute Gasteiger partial charge is 0.232 e. The van der Waals surface area contributed by atoms with Gasteiger partial charge in [0.1, 0.15) is 48.1 Å². The molecule has 19 nitrogen and oxygen atoms in total. The highest BCUT2D eigenvalue weighted by molar-refractivity contribution is 5.97. The second-order valence-corrected chi connectivity index (χ2v) is 17.8. The summed E-state index contributed by atoms with van der Waals surface area (Å²) in [5.74, 6) is -1.42. The van der Waals surface area contributed by atoms with Gasteiger partial charge in [0.15, 0.2) is 6.29 Å². The fourth-order valence-corrected chi connectivity index (χ4v) is 8.21. The van der Waals surface area contributed by atoms with Gasteiger partial charge >= 0.3 is 0 Å². The molecule has 0 spiro atoms. The van der Waals surface area contributed by atoms with Crippen LogP contribution in [0.15, 0.2) is 0 Å². The van der Waals surface area contributed by atoms with E-state index in [0.717, 1.165) is 0 Å². The molecule has 19 heteroatoms. The van der Waals surface area contributed by atoms with Crippen molar-refractivity contribution in [2.24, 2.45) is 10.8 Å². The van der Waals surface area contributed by atoms with Crippen molar-refractivity contribution in [2.45, 2.75) is 154 Å². The Morgan fingerprint density at radius 2 is 1.25 bits per heavy atom. The van der Waals surface area contributed by atoms with E-state index in [1.54, 1.807) is 12.0 Å². The second kappa shape index (κ2) is 29.6. The number of aliphatic hydroxyl groups is 4. The minimum absolute atomic E-state index is 0.0203. The number of likely N-dealkylation sites (tertiary alicyclic amines) is 1. The van der Waals surface area contributed by atoms with E-state index in [1.807, 2.05) is 27.7 Å². The molecule has 0 aromatic rings. The third-order valence-corrected chi connectivity index (χ3v) is 12.4. The van der Waals surface area contributed by atoms with Crippen molar-refractivity contribution in [3.8, 4) is 0 Å². The van der Waals surface area contributed by atoms with Crippen LogP contribution in [0, 0.1) is 10.8 Å². The number of Topliss-reactive ketones (excluding diaryl/α,β-unsaturated/α-hetero) is 3. The fourth-order valence-electron chi connectivity index (χ4n) is 8.21. The summed E-state index contributed by atoms with van der Waals surface area (Å²) in [6.45, 7) is 10.7. The van der Waals surface area contributed by atoms with Crippen LogP contribution in [0.2, 0.25) is 0 Å². The van der Waals surface area contributed by atoms with Gasteiger partial charge in [-0.1, -0.05) is 27.7 Å². The third-order valence-electron chi connectivity index (χ3n) is 12.4. The van der Waals surface area contributed by atoms with Crippen LogP contribution in [0.1, 0.15) is 118 Å². The number of nitrogens with zero attached hydrogens (tertiary/aromatic N) is 1. The van der Waals surface area contributed by atoms with Crippen LogP contribution in [0.3, 0.4) is 0 Å². The van der Waals surface area contributed by atoms with Gasteiger partial charge in [0, 0.05) is 88.6 Å². The highest BCUT2D eigenvalue weighted by Gasteiger charge is 2.53. The summed E-state index contributed by atoms with van der Waals surface area (Å²) in [7, 11) is 1.57. The monoisotopic (exact) mass is 918 g/mol. The van der Waals surface area contributed by atoms with Crippen molar-refractivity contribution in [3.05, 3.63) is 0 Å². The zero-order chi connectivity index (χ0) is 47.8. The molecule has 0 bridgehead atoms. The molecule has 2 aliphatic rings. The number of carbonyl (C=O) groups is 6. The van der Waals surface area contributed by atoms with Crippen molar-refractivity contribution in [2.75, 3.05) is 86.3 Å². The van der Waals surface area contributed by atoms with Crippen LogP contribution in [-0.2, 0) is 57.2 Å². The molecule has 370 valence electrons. The van der Waals surface area contributed by atoms with Crippen molar-refractivity contribution < 1.29 is 77.6 Å². The number of rotatable bonds is 35. The zero-order valence-corrected chi connectivity index (χ0v) is 39.2. The first kappa shape index (κ1) is 57.1. The molecular weight excluding hydrogens is 838 g/mol. The number of hydrogen-bond acceptors (Lipinski definition) is 16. The van der Waals surface area contributed by atoms with Gasteiger partial charge < -0.3 is 64.4 Å². The van der Waals surface area contributed by atoms with Gasteiger partial charge in [0.05, 0.1) is 59.5 Å². The number of ketones is 3. The number of methoxy groups -OCH3 is 1. The maximum absolute atomic E-state index is 13.7. The first-order valence-electron chi connectivity index (χ1n) is 22.9. The first-order chi connectivity index (χ1) is 30.4. The Labute approximate surface area is 378 Å². The van der Waals surface area contributed by atoms with Crippen LogP contribution in [0.25, 0.3) is 0 Å². The van der Waals surface area contributed by atoms with Gasteiger partial charge in [-0.15, -0.1) is 0 Å². The number of nitrogens with one attached hydrogen (secondary N) is 2. The summed E-state index contributed by atoms with van der Waals surface area (Å²) in [5.41, 5.74) is -2.21. The molecule has 2 saturated heterocycles. The standard InChI is InChI=1S/C45H79N3O16/c1-7-10-33(52)13-16-45(17-14-34(53)11-8-2,47-37(55)26-38(56)48-28-43(4,30-50)44(5,29-48)31-59-6)18-15-35(54)12-9-19-60-20-21-61-22-23-62-24-25-63-42-39(46-32(3)51)41(58)40(57)36(27-49)64-42/h36,39-42,49-50,57-58H,7-31H2,1-6H3,(H,46,51)(H,47,55)/t36-,39-,40+,41-,42?,43+,44-/m1/s1. The summed E-state index contributed by atoms with van der Waals surface area (Å²) in [6.07, 6.45) is -1.62. The number of amides is 3. The van der Waals surface area contributed by atoms with Crippen LogP contribution in [0.5, 0.6) is 0 Å². The molecule has 3 amide bonds. The SMILES string of the molecule is CCCC(=O)CCC(CCC(=O)CCC)(CCC(=O)CCCOCCOCCOCCOC1O[C@H](CO)[C@H](O)[C@H](O)[C@H]1NC(C)=O)NC(=O)CC(=O)N1C[C@](C)(COC)[C@](C)(CO)C1. The van der Waals surface area contributed by atoms with Gasteiger partial charge in [-0.2, -0.15) is 0 Å². The van der Waals surface area contributed by atoms with E-state index in [1.165, 1.54) is 6.92 Å². The van der Waals surface area contributed by atoms with Crippen molar-refractivity contribution >= 4 is 35.1 Å². The Balaban J connectivity index is 1.84. The van der Waals surface area contributed by atoms with Gasteiger partial charge in [-0.3, -0.25) is 28.8 Å².